The van der Waals surface area contributed by atoms with Crippen LogP contribution in [0.15, 0.2) is 0 Å². The van der Waals surface area contributed by atoms with E-state index in [2.05, 4.69) is 16.8 Å². The summed E-state index contributed by atoms with van der Waals surface area (Å²) in [5.74, 6) is -1.01. The Morgan fingerprint density at radius 2 is 1.15 bits per heavy atom. The Labute approximate surface area is 235 Å². The summed E-state index contributed by atoms with van der Waals surface area (Å²) >= 11 is 0. The minimum Gasteiger partial charge on any atom is -0.462 e. The highest BCUT2D eigenvalue weighted by atomic mass is 31.2. The molecule has 0 unspecified atom stereocenters. The van der Waals surface area contributed by atoms with Gasteiger partial charge in [0.2, 0.25) is 5.91 Å². The fourth-order valence-corrected chi connectivity index (χ4v) is 4.46. The summed E-state index contributed by atoms with van der Waals surface area (Å²) in [5, 5.41) is 2.74. The van der Waals surface area contributed by atoms with Gasteiger partial charge in [-0.3, -0.25) is 18.9 Å². The van der Waals surface area contributed by atoms with E-state index >= 15 is 0 Å². The molecule has 0 rings (SSSR count). The first-order chi connectivity index (χ1) is 18.6. The van der Waals surface area contributed by atoms with Gasteiger partial charge >= 0.3 is 19.8 Å². The number of ether oxygens (including phenoxy) is 2. The van der Waals surface area contributed by atoms with E-state index in [4.69, 9.17) is 19.3 Å². The van der Waals surface area contributed by atoms with Gasteiger partial charge in [-0.05, 0) is 19.3 Å². The van der Waals surface area contributed by atoms with Crippen molar-refractivity contribution in [2.75, 3.05) is 19.8 Å². The van der Waals surface area contributed by atoms with Crippen LogP contribution in [0.5, 0.6) is 0 Å². The summed E-state index contributed by atoms with van der Waals surface area (Å²) in [7, 11) is -4.75. The van der Waals surface area contributed by atoms with Crippen LogP contribution in [0.1, 0.15) is 136 Å². The number of hydrogen-bond acceptors (Lipinski definition) is 7. The van der Waals surface area contributed by atoms with E-state index in [-0.39, 0.29) is 25.4 Å². The number of phosphoric ester groups is 1. The van der Waals surface area contributed by atoms with E-state index in [1.807, 2.05) is 0 Å². The van der Waals surface area contributed by atoms with E-state index in [0.29, 0.717) is 19.4 Å². The number of esters is 2. The number of carbonyl (C=O) groups is 3. The predicted molar refractivity (Wildman–Crippen MR) is 151 cm³/mol. The smallest absolute Gasteiger partial charge is 0.462 e. The first-order valence-electron chi connectivity index (χ1n) is 14.9. The minimum absolute atomic E-state index is 0.0442. The van der Waals surface area contributed by atoms with Crippen LogP contribution in [0.25, 0.3) is 0 Å². The highest BCUT2D eigenvalue weighted by Gasteiger charge is 2.22. The SMILES string of the molecule is CCCCCCCCCCCCCCC(=O)O[C@@H](COC(=O)CCCCCCCNC(C)=O)COP(=O)(O)O. The molecular formula is C28H54NO9P. The van der Waals surface area contributed by atoms with Crippen molar-refractivity contribution >= 4 is 25.7 Å². The zero-order valence-electron chi connectivity index (χ0n) is 24.3. The Morgan fingerprint density at radius 3 is 1.64 bits per heavy atom. The third-order valence-electron chi connectivity index (χ3n) is 6.32. The number of amides is 1. The van der Waals surface area contributed by atoms with Crippen molar-refractivity contribution in [3.63, 3.8) is 0 Å². The van der Waals surface area contributed by atoms with Gasteiger partial charge in [0, 0.05) is 26.3 Å². The van der Waals surface area contributed by atoms with Crippen molar-refractivity contribution < 1.29 is 42.7 Å². The molecule has 0 saturated carbocycles. The lowest BCUT2D eigenvalue weighted by Gasteiger charge is -2.18. The number of unbranched alkanes of at least 4 members (excludes halogenated alkanes) is 15. The Bertz CT molecular complexity index is 684. The van der Waals surface area contributed by atoms with Crippen LogP contribution < -0.4 is 5.32 Å². The van der Waals surface area contributed by atoms with Crippen LogP contribution >= 0.6 is 7.82 Å². The lowest BCUT2D eigenvalue weighted by molar-refractivity contribution is -0.161. The molecule has 0 aliphatic heterocycles. The van der Waals surface area contributed by atoms with Crippen LogP contribution in [-0.4, -0.2) is 53.5 Å². The average molecular weight is 580 g/mol. The van der Waals surface area contributed by atoms with Gasteiger partial charge in [0.15, 0.2) is 6.10 Å². The summed E-state index contributed by atoms with van der Waals surface area (Å²) < 4.78 is 26.0. The number of rotatable bonds is 27. The van der Waals surface area contributed by atoms with Gasteiger partial charge in [-0.1, -0.05) is 96.8 Å². The molecule has 0 aromatic carbocycles. The fraction of sp³-hybridized carbons (Fsp3) is 0.893. The summed E-state index contributed by atoms with van der Waals surface area (Å²) in [4.78, 5) is 53.0. The van der Waals surface area contributed by atoms with Crippen LogP contribution in [0.2, 0.25) is 0 Å². The molecule has 0 radical (unpaired) electrons. The monoisotopic (exact) mass is 579 g/mol. The Morgan fingerprint density at radius 1 is 0.692 bits per heavy atom. The molecule has 0 saturated heterocycles. The Kier molecular flexibility index (Phi) is 24.5. The molecular weight excluding hydrogens is 525 g/mol. The summed E-state index contributed by atoms with van der Waals surface area (Å²) in [6.45, 7) is 3.47. The molecule has 11 heteroatoms. The summed E-state index contributed by atoms with van der Waals surface area (Å²) in [6, 6.07) is 0. The predicted octanol–water partition coefficient (Wildman–Crippen LogP) is 6.12. The largest absolute Gasteiger partial charge is 0.469 e. The van der Waals surface area contributed by atoms with Crippen LogP contribution in [0.3, 0.4) is 0 Å². The molecule has 0 spiro atoms. The van der Waals surface area contributed by atoms with Gasteiger partial charge < -0.3 is 24.6 Å². The molecule has 39 heavy (non-hydrogen) atoms. The maximum absolute atomic E-state index is 12.2. The number of carbonyl (C=O) groups excluding carboxylic acids is 3. The normalized spacial score (nSPS) is 12.2. The van der Waals surface area contributed by atoms with Crippen molar-refractivity contribution in [3.05, 3.63) is 0 Å². The van der Waals surface area contributed by atoms with E-state index < -0.39 is 32.5 Å². The minimum atomic E-state index is -4.75. The maximum atomic E-state index is 12.2. The van der Waals surface area contributed by atoms with Crippen molar-refractivity contribution in [1.29, 1.82) is 0 Å². The highest BCUT2D eigenvalue weighted by Crippen LogP contribution is 2.35. The zero-order valence-corrected chi connectivity index (χ0v) is 25.2. The molecule has 0 aromatic heterocycles. The second-order valence-electron chi connectivity index (χ2n) is 10.2. The van der Waals surface area contributed by atoms with Crippen molar-refractivity contribution in [3.8, 4) is 0 Å². The quantitative estimate of drug-likeness (QED) is 0.0594. The third-order valence-corrected chi connectivity index (χ3v) is 6.81. The van der Waals surface area contributed by atoms with Crippen LogP contribution in [-0.2, 0) is 32.9 Å². The lowest BCUT2D eigenvalue weighted by atomic mass is 10.0. The second-order valence-corrected chi connectivity index (χ2v) is 11.5. The molecule has 1 amide bonds. The van der Waals surface area contributed by atoms with Crippen molar-refractivity contribution in [2.45, 2.75) is 142 Å². The maximum Gasteiger partial charge on any atom is 0.469 e. The Hall–Kier alpha value is -1.48. The molecule has 0 fully saturated rings. The first kappa shape index (κ1) is 37.5. The molecule has 230 valence electrons. The second kappa shape index (κ2) is 25.5. The molecule has 0 bridgehead atoms. The van der Waals surface area contributed by atoms with Crippen LogP contribution in [0.4, 0.5) is 0 Å². The van der Waals surface area contributed by atoms with Gasteiger partial charge in [0.1, 0.15) is 6.61 Å². The van der Waals surface area contributed by atoms with E-state index in [1.165, 1.54) is 58.3 Å². The highest BCUT2D eigenvalue weighted by molar-refractivity contribution is 7.46. The average Bonchev–Trinajstić information content (AvgIpc) is 2.87. The molecule has 0 aromatic rings. The lowest BCUT2D eigenvalue weighted by Crippen LogP contribution is -2.29. The molecule has 10 nitrogen and oxygen atoms in total. The fourth-order valence-electron chi connectivity index (χ4n) is 4.10. The van der Waals surface area contributed by atoms with Gasteiger partial charge in [-0.15, -0.1) is 0 Å². The molecule has 0 heterocycles. The zero-order chi connectivity index (χ0) is 29.2. The summed E-state index contributed by atoms with van der Waals surface area (Å²) in [5.41, 5.74) is 0. The molecule has 0 aliphatic carbocycles. The topological polar surface area (TPSA) is 148 Å². The van der Waals surface area contributed by atoms with E-state index in [1.54, 1.807) is 0 Å². The van der Waals surface area contributed by atoms with Gasteiger partial charge in [0.05, 0.1) is 6.61 Å². The Balaban J connectivity index is 4.04. The summed E-state index contributed by atoms with van der Waals surface area (Å²) in [6.07, 6.45) is 17.7. The van der Waals surface area contributed by atoms with Gasteiger partial charge in [-0.25, -0.2) is 4.57 Å². The number of phosphoric acid groups is 1. The van der Waals surface area contributed by atoms with Crippen LogP contribution in [0, 0.1) is 0 Å². The first-order valence-corrected chi connectivity index (χ1v) is 16.5. The third kappa shape index (κ3) is 29.3. The number of hydrogen-bond donors (Lipinski definition) is 3. The van der Waals surface area contributed by atoms with E-state index in [0.717, 1.165) is 44.9 Å². The van der Waals surface area contributed by atoms with Gasteiger partial charge in [0.25, 0.3) is 0 Å². The van der Waals surface area contributed by atoms with E-state index in [9.17, 15) is 18.9 Å². The molecule has 1 atom stereocenters. The van der Waals surface area contributed by atoms with Crippen molar-refractivity contribution in [2.24, 2.45) is 0 Å². The molecule has 3 N–H and O–H groups in total. The van der Waals surface area contributed by atoms with Gasteiger partial charge in [-0.2, -0.15) is 0 Å². The molecule has 0 aliphatic rings. The van der Waals surface area contributed by atoms with Crippen molar-refractivity contribution in [1.82, 2.24) is 5.32 Å². The standard InChI is InChI=1S/C28H54NO9P/c1-3-4-5-6-7-8-9-10-11-12-14-18-21-28(32)38-26(24-37-39(33,34)35)23-36-27(31)20-17-15-13-16-19-22-29-25(2)30/h26H,3-24H2,1-2H3,(H,29,30)(H2,33,34,35)/t26-/m0/s1. The number of nitrogens with one attached hydrogen (secondary N) is 1.